The Hall–Kier alpha value is -2.26. The van der Waals surface area contributed by atoms with Crippen molar-refractivity contribution >= 4 is 23.7 Å². The fourth-order valence-corrected chi connectivity index (χ4v) is 3.98. The smallest absolute Gasteiger partial charge is 0.350 e. The number of nitrogens with zero attached hydrogens (tertiary/aromatic N) is 1. The maximum absolute atomic E-state index is 13.1. The average Bonchev–Trinajstić information content (AvgIpc) is 3.32. The lowest BCUT2D eigenvalue weighted by atomic mass is 9.81. The fraction of sp³-hybridized carbons (Fsp3) is 0.714. The summed E-state index contributed by atoms with van der Waals surface area (Å²) in [6, 6.07) is 0. The third-order valence-electron chi connectivity index (χ3n) is 6.28. The van der Waals surface area contributed by atoms with Crippen LogP contribution in [0.5, 0.6) is 0 Å². The second-order valence-corrected chi connectivity index (χ2v) is 8.57. The molecule has 0 aromatic rings. The lowest BCUT2D eigenvalue weighted by molar-refractivity contribution is -0.187. The molecule has 5 atom stereocenters. The van der Waals surface area contributed by atoms with Crippen LogP contribution in [0.3, 0.4) is 0 Å². The number of carbonyl (C=O) groups excluding carboxylic acids is 4. The molecule has 3 rings (SSSR count). The first-order valence-corrected chi connectivity index (χ1v) is 10.2. The number of esters is 3. The van der Waals surface area contributed by atoms with E-state index in [2.05, 4.69) is 0 Å². The number of ketones is 1. The molecule has 166 valence electrons. The molecule has 1 spiro atoms. The van der Waals surface area contributed by atoms with Gasteiger partial charge in [0, 0.05) is 37.9 Å². The van der Waals surface area contributed by atoms with E-state index in [4.69, 9.17) is 18.9 Å². The summed E-state index contributed by atoms with van der Waals surface area (Å²) in [5.74, 6) is -3.06. The minimum absolute atomic E-state index is 0.0788. The van der Waals surface area contributed by atoms with E-state index >= 15 is 0 Å². The van der Waals surface area contributed by atoms with Crippen molar-refractivity contribution in [3.8, 4) is 0 Å². The highest BCUT2D eigenvalue weighted by atomic mass is 16.7. The van der Waals surface area contributed by atoms with Gasteiger partial charge < -0.3 is 23.8 Å². The standard InChI is InChI=1S/C21H29NO8/c1-12-10-21(13(2)29-21)19(26)28-16-7-9-22(5)8-6-15(17(16)24)11-27-18(25)20(12,4)30-14(3)23/h6,12-13,16H,7-11H2,1-5H3/b15-6-/t12-,13+,16-,20+,21-/m0/s1. The van der Waals surface area contributed by atoms with E-state index < -0.39 is 53.0 Å². The summed E-state index contributed by atoms with van der Waals surface area (Å²) in [6.07, 6.45) is 0.648. The van der Waals surface area contributed by atoms with Crippen molar-refractivity contribution in [1.82, 2.24) is 4.90 Å². The van der Waals surface area contributed by atoms with E-state index in [-0.39, 0.29) is 18.6 Å². The summed E-state index contributed by atoms with van der Waals surface area (Å²) in [5.41, 5.74) is -2.70. The van der Waals surface area contributed by atoms with E-state index in [1.54, 1.807) is 19.9 Å². The minimum Gasteiger partial charge on any atom is -0.458 e. The SMILES string of the molecule is CC(=O)O[C@@]1(C)C(=O)OC/C2=C/CN(C)CC[C@H](OC(=O)[C@@]3(C[C@@H]1C)O[C@@H]3C)C2=O. The first-order valence-electron chi connectivity index (χ1n) is 10.2. The normalized spacial score (nSPS) is 40.0. The predicted octanol–water partition coefficient (Wildman–Crippen LogP) is 0.792. The molecule has 0 radical (unpaired) electrons. The van der Waals surface area contributed by atoms with Gasteiger partial charge in [-0.05, 0) is 27.3 Å². The molecule has 0 saturated carbocycles. The Labute approximate surface area is 175 Å². The van der Waals surface area contributed by atoms with Gasteiger partial charge in [-0.3, -0.25) is 9.59 Å². The predicted molar refractivity (Wildman–Crippen MR) is 103 cm³/mol. The van der Waals surface area contributed by atoms with Crippen molar-refractivity contribution in [1.29, 1.82) is 0 Å². The average molecular weight is 423 g/mol. The molecule has 2 bridgehead atoms. The first kappa shape index (κ1) is 22.4. The second-order valence-electron chi connectivity index (χ2n) is 8.57. The van der Waals surface area contributed by atoms with Crippen LogP contribution in [0.2, 0.25) is 0 Å². The molecule has 0 unspecified atom stereocenters. The molecule has 0 aliphatic carbocycles. The highest BCUT2D eigenvalue weighted by Crippen LogP contribution is 2.46. The molecule has 9 heteroatoms. The van der Waals surface area contributed by atoms with Gasteiger partial charge in [0.15, 0.2) is 11.7 Å². The molecule has 3 heterocycles. The number of cyclic esters (lactones) is 1. The number of fused-ring (bicyclic) bond motifs is 2. The van der Waals surface area contributed by atoms with Crippen molar-refractivity contribution in [2.75, 3.05) is 26.7 Å². The molecule has 9 nitrogen and oxygen atoms in total. The summed E-state index contributed by atoms with van der Waals surface area (Å²) in [6.45, 7) is 6.82. The van der Waals surface area contributed by atoms with Crippen LogP contribution in [0.4, 0.5) is 0 Å². The van der Waals surface area contributed by atoms with Gasteiger partial charge in [-0.2, -0.15) is 0 Å². The van der Waals surface area contributed by atoms with Gasteiger partial charge in [-0.15, -0.1) is 0 Å². The molecule has 0 amide bonds. The minimum atomic E-state index is -1.65. The quantitative estimate of drug-likeness (QED) is 0.343. The third-order valence-corrected chi connectivity index (χ3v) is 6.28. The molecule has 3 aliphatic rings. The Morgan fingerprint density at radius 3 is 2.50 bits per heavy atom. The summed E-state index contributed by atoms with van der Waals surface area (Å²) in [5, 5.41) is 0. The van der Waals surface area contributed by atoms with Gasteiger partial charge in [-0.1, -0.05) is 13.0 Å². The van der Waals surface area contributed by atoms with Crippen LogP contribution in [0.25, 0.3) is 0 Å². The summed E-state index contributed by atoms with van der Waals surface area (Å²) in [4.78, 5) is 52.7. The van der Waals surface area contributed by atoms with Crippen molar-refractivity contribution < 1.29 is 38.1 Å². The number of rotatable bonds is 1. The Bertz CT molecular complexity index is 792. The number of ether oxygens (including phenoxy) is 4. The molecular weight excluding hydrogens is 394 g/mol. The Kier molecular flexibility index (Phi) is 6.06. The zero-order valence-electron chi connectivity index (χ0n) is 18.1. The maximum Gasteiger partial charge on any atom is 0.350 e. The van der Waals surface area contributed by atoms with Crippen molar-refractivity contribution in [3.05, 3.63) is 11.6 Å². The van der Waals surface area contributed by atoms with Crippen molar-refractivity contribution in [2.24, 2.45) is 5.92 Å². The van der Waals surface area contributed by atoms with Gasteiger partial charge in [0.2, 0.25) is 11.4 Å². The van der Waals surface area contributed by atoms with E-state index in [1.165, 1.54) is 13.8 Å². The Morgan fingerprint density at radius 2 is 1.90 bits per heavy atom. The summed E-state index contributed by atoms with van der Waals surface area (Å²) >= 11 is 0. The highest BCUT2D eigenvalue weighted by Gasteiger charge is 2.64. The van der Waals surface area contributed by atoms with Crippen LogP contribution in [-0.4, -0.2) is 78.7 Å². The Morgan fingerprint density at radius 1 is 1.23 bits per heavy atom. The van der Waals surface area contributed by atoms with E-state index in [0.717, 1.165) is 0 Å². The highest BCUT2D eigenvalue weighted by molar-refractivity contribution is 6.01. The number of hydrogen-bond donors (Lipinski definition) is 0. The number of epoxide rings is 1. The molecule has 3 aliphatic heterocycles. The molecule has 0 aromatic heterocycles. The van der Waals surface area contributed by atoms with Gasteiger partial charge >= 0.3 is 17.9 Å². The molecular formula is C21H29NO8. The zero-order valence-corrected chi connectivity index (χ0v) is 18.1. The summed E-state index contributed by atoms with van der Waals surface area (Å²) < 4.78 is 22.0. The van der Waals surface area contributed by atoms with Crippen LogP contribution in [0, 0.1) is 5.92 Å². The number of likely N-dealkylation sites (N-methyl/N-ethyl adjacent to an activating group) is 1. The molecule has 2 fully saturated rings. The van der Waals surface area contributed by atoms with Gasteiger partial charge in [0.25, 0.3) is 0 Å². The number of Topliss-reactive ketones (excluding diaryl/α,β-unsaturated/α-hetero) is 1. The third kappa shape index (κ3) is 4.13. The molecule has 30 heavy (non-hydrogen) atoms. The molecule has 0 N–H and O–H groups in total. The maximum atomic E-state index is 13.1. The van der Waals surface area contributed by atoms with Crippen LogP contribution in [-0.2, 0) is 38.1 Å². The second kappa shape index (κ2) is 8.11. The monoisotopic (exact) mass is 423 g/mol. The molecule has 2 saturated heterocycles. The van der Waals surface area contributed by atoms with Gasteiger partial charge in [0.05, 0.1) is 6.10 Å². The number of hydrogen-bond acceptors (Lipinski definition) is 9. The fourth-order valence-electron chi connectivity index (χ4n) is 3.98. The van der Waals surface area contributed by atoms with Crippen molar-refractivity contribution in [3.63, 3.8) is 0 Å². The van der Waals surface area contributed by atoms with Crippen molar-refractivity contribution in [2.45, 2.75) is 63.9 Å². The van der Waals surface area contributed by atoms with E-state index in [9.17, 15) is 19.2 Å². The van der Waals surface area contributed by atoms with Crippen LogP contribution < -0.4 is 0 Å². The van der Waals surface area contributed by atoms with E-state index in [0.29, 0.717) is 19.5 Å². The van der Waals surface area contributed by atoms with Crippen LogP contribution >= 0.6 is 0 Å². The number of carbonyl (C=O) groups is 4. The first-order chi connectivity index (χ1) is 14.0. The van der Waals surface area contributed by atoms with E-state index in [1.807, 2.05) is 11.9 Å². The zero-order chi connectivity index (χ0) is 22.3. The largest absolute Gasteiger partial charge is 0.458 e. The van der Waals surface area contributed by atoms with Gasteiger partial charge in [0.1, 0.15) is 6.61 Å². The lowest BCUT2D eigenvalue weighted by Crippen LogP contribution is -2.50. The van der Waals surface area contributed by atoms with Crippen LogP contribution in [0.1, 0.15) is 40.5 Å². The topological polar surface area (TPSA) is 112 Å². The summed E-state index contributed by atoms with van der Waals surface area (Å²) in [7, 11) is 1.88. The van der Waals surface area contributed by atoms with Crippen LogP contribution in [0.15, 0.2) is 11.6 Å². The lowest BCUT2D eigenvalue weighted by Gasteiger charge is -2.35. The van der Waals surface area contributed by atoms with Gasteiger partial charge in [-0.25, -0.2) is 9.59 Å². The Balaban J connectivity index is 2.01. The molecule has 0 aromatic carbocycles.